The van der Waals surface area contributed by atoms with Crippen LogP contribution in [0.1, 0.15) is 45.1 Å². The third kappa shape index (κ3) is 2.66. The summed E-state index contributed by atoms with van der Waals surface area (Å²) < 4.78 is 0. The van der Waals surface area contributed by atoms with E-state index in [1.54, 1.807) is 0 Å². The first kappa shape index (κ1) is 13.3. The molecule has 1 fully saturated rings. The molecule has 0 aromatic carbocycles. The van der Waals surface area contributed by atoms with E-state index in [2.05, 4.69) is 29.8 Å². The van der Waals surface area contributed by atoms with Gasteiger partial charge in [-0.05, 0) is 36.0 Å². The Morgan fingerprint density at radius 1 is 1.28 bits per heavy atom. The molecule has 1 saturated heterocycles. The topological polar surface area (TPSA) is 42.1 Å². The summed E-state index contributed by atoms with van der Waals surface area (Å²) in [5.41, 5.74) is 7.43. The summed E-state index contributed by atoms with van der Waals surface area (Å²) in [5.74, 6) is 1.10. The van der Waals surface area contributed by atoms with Crippen molar-refractivity contribution in [2.75, 3.05) is 18.0 Å². The normalized spacial score (nSPS) is 18.9. The van der Waals surface area contributed by atoms with Crippen LogP contribution in [0, 0.1) is 5.41 Å². The van der Waals surface area contributed by atoms with Gasteiger partial charge in [0.25, 0.3) is 0 Å². The minimum absolute atomic E-state index is 0.571. The van der Waals surface area contributed by atoms with Crippen LogP contribution in [0.5, 0.6) is 0 Å². The quantitative estimate of drug-likeness (QED) is 0.889. The van der Waals surface area contributed by atoms with E-state index in [4.69, 9.17) is 5.73 Å². The fraction of sp³-hybridized carbons (Fsp3) is 0.667. The Hall–Kier alpha value is -1.09. The molecule has 1 aliphatic heterocycles. The fourth-order valence-electron chi connectivity index (χ4n) is 2.93. The van der Waals surface area contributed by atoms with Gasteiger partial charge in [-0.15, -0.1) is 0 Å². The smallest absolute Gasteiger partial charge is 0.128 e. The number of aromatic nitrogens is 1. The summed E-state index contributed by atoms with van der Waals surface area (Å²) in [6.07, 6.45) is 7.04. The van der Waals surface area contributed by atoms with Gasteiger partial charge in [0.1, 0.15) is 5.82 Å². The van der Waals surface area contributed by atoms with E-state index in [0.717, 1.165) is 18.9 Å². The third-order valence-corrected chi connectivity index (χ3v) is 4.69. The number of anilines is 1. The number of nitrogens with two attached hydrogens (primary N) is 1. The van der Waals surface area contributed by atoms with Crippen molar-refractivity contribution < 1.29 is 0 Å². The van der Waals surface area contributed by atoms with E-state index < -0.39 is 0 Å². The number of nitrogens with zero attached hydrogens (tertiary/aromatic N) is 2. The molecule has 2 heterocycles. The predicted octanol–water partition coefficient (Wildman–Crippen LogP) is 2.95. The number of hydrogen-bond donors (Lipinski definition) is 1. The van der Waals surface area contributed by atoms with Gasteiger partial charge in [-0.1, -0.05) is 26.7 Å². The van der Waals surface area contributed by atoms with Crippen LogP contribution >= 0.6 is 0 Å². The highest BCUT2D eigenvalue weighted by molar-refractivity contribution is 5.41. The molecule has 2 rings (SSSR count). The van der Waals surface area contributed by atoms with Crippen molar-refractivity contribution in [3.8, 4) is 0 Å². The predicted molar refractivity (Wildman–Crippen MR) is 76.6 cm³/mol. The van der Waals surface area contributed by atoms with E-state index in [1.807, 2.05) is 12.3 Å². The molecule has 3 nitrogen and oxygen atoms in total. The summed E-state index contributed by atoms with van der Waals surface area (Å²) in [7, 11) is 0. The van der Waals surface area contributed by atoms with Gasteiger partial charge in [-0.25, -0.2) is 4.98 Å². The van der Waals surface area contributed by atoms with Crippen LogP contribution in [0.15, 0.2) is 18.3 Å². The van der Waals surface area contributed by atoms with Crippen LogP contribution in [-0.2, 0) is 6.54 Å². The highest BCUT2D eigenvalue weighted by Gasteiger charge is 2.31. The number of pyridine rings is 1. The monoisotopic (exact) mass is 247 g/mol. The van der Waals surface area contributed by atoms with E-state index in [1.165, 1.54) is 31.2 Å². The maximum atomic E-state index is 5.69. The van der Waals surface area contributed by atoms with Gasteiger partial charge in [0.2, 0.25) is 0 Å². The standard InChI is InChI=1S/C15H25N3/c1-3-15(4-2)6-9-18(10-7-15)14-11-13(12-16)5-8-17-14/h5,8,11H,3-4,6-7,9-10,12,16H2,1-2H3. The van der Waals surface area contributed by atoms with Crippen LogP contribution in [0.4, 0.5) is 5.82 Å². The lowest BCUT2D eigenvalue weighted by Gasteiger charge is -2.41. The Balaban J connectivity index is 2.04. The summed E-state index contributed by atoms with van der Waals surface area (Å²) in [6.45, 7) is 7.50. The average molecular weight is 247 g/mol. The van der Waals surface area contributed by atoms with Crippen LogP contribution in [0.3, 0.4) is 0 Å². The molecule has 1 aliphatic rings. The second kappa shape index (κ2) is 5.70. The molecule has 0 amide bonds. The highest BCUT2D eigenvalue weighted by atomic mass is 15.2. The molecular formula is C15H25N3. The molecule has 0 atom stereocenters. The zero-order valence-electron chi connectivity index (χ0n) is 11.7. The maximum Gasteiger partial charge on any atom is 0.128 e. The Bertz CT molecular complexity index is 375. The van der Waals surface area contributed by atoms with Crippen molar-refractivity contribution >= 4 is 5.82 Å². The van der Waals surface area contributed by atoms with Crippen LogP contribution < -0.4 is 10.6 Å². The molecule has 18 heavy (non-hydrogen) atoms. The molecule has 100 valence electrons. The lowest BCUT2D eigenvalue weighted by molar-refractivity contribution is 0.199. The molecule has 0 aliphatic carbocycles. The van der Waals surface area contributed by atoms with Gasteiger partial charge in [0, 0.05) is 25.8 Å². The number of piperidine rings is 1. The molecule has 0 unspecified atom stereocenters. The van der Waals surface area contributed by atoms with Gasteiger partial charge in [0.05, 0.1) is 0 Å². The second-order valence-corrected chi connectivity index (χ2v) is 5.42. The van der Waals surface area contributed by atoms with E-state index in [0.29, 0.717) is 12.0 Å². The first-order chi connectivity index (χ1) is 8.73. The van der Waals surface area contributed by atoms with Crippen molar-refractivity contribution in [1.29, 1.82) is 0 Å². The maximum absolute atomic E-state index is 5.69. The lowest BCUT2D eigenvalue weighted by atomic mass is 9.74. The van der Waals surface area contributed by atoms with Crippen molar-refractivity contribution in [2.45, 2.75) is 46.1 Å². The van der Waals surface area contributed by atoms with Crippen molar-refractivity contribution in [3.05, 3.63) is 23.9 Å². The molecule has 0 saturated carbocycles. The molecular weight excluding hydrogens is 222 g/mol. The molecule has 2 N–H and O–H groups in total. The third-order valence-electron chi connectivity index (χ3n) is 4.69. The van der Waals surface area contributed by atoms with Gasteiger partial charge in [-0.3, -0.25) is 0 Å². The SMILES string of the molecule is CCC1(CC)CCN(c2cc(CN)ccn2)CC1. The van der Waals surface area contributed by atoms with Gasteiger partial charge < -0.3 is 10.6 Å². The van der Waals surface area contributed by atoms with E-state index >= 15 is 0 Å². The van der Waals surface area contributed by atoms with Crippen LogP contribution in [-0.4, -0.2) is 18.1 Å². The van der Waals surface area contributed by atoms with Crippen molar-refractivity contribution in [3.63, 3.8) is 0 Å². The van der Waals surface area contributed by atoms with Crippen LogP contribution in [0.2, 0.25) is 0 Å². The molecule has 3 heteroatoms. The first-order valence-electron chi connectivity index (χ1n) is 7.13. The van der Waals surface area contributed by atoms with Crippen molar-refractivity contribution in [2.24, 2.45) is 11.1 Å². The summed E-state index contributed by atoms with van der Waals surface area (Å²) >= 11 is 0. The average Bonchev–Trinajstić information content (AvgIpc) is 2.47. The van der Waals surface area contributed by atoms with Gasteiger partial charge in [0.15, 0.2) is 0 Å². The highest BCUT2D eigenvalue weighted by Crippen LogP contribution is 2.38. The Labute approximate surface area is 110 Å². The Kier molecular flexibility index (Phi) is 4.23. The summed E-state index contributed by atoms with van der Waals surface area (Å²) in [4.78, 5) is 6.89. The summed E-state index contributed by atoms with van der Waals surface area (Å²) in [6, 6.07) is 4.13. The first-order valence-corrected chi connectivity index (χ1v) is 7.13. The summed E-state index contributed by atoms with van der Waals surface area (Å²) in [5, 5.41) is 0. The zero-order chi connectivity index (χ0) is 13.0. The number of rotatable bonds is 4. The largest absolute Gasteiger partial charge is 0.357 e. The van der Waals surface area contributed by atoms with Gasteiger partial charge >= 0.3 is 0 Å². The Morgan fingerprint density at radius 2 is 1.94 bits per heavy atom. The van der Waals surface area contributed by atoms with Crippen LogP contribution in [0.25, 0.3) is 0 Å². The Morgan fingerprint density at radius 3 is 2.50 bits per heavy atom. The van der Waals surface area contributed by atoms with Crippen molar-refractivity contribution in [1.82, 2.24) is 4.98 Å². The number of hydrogen-bond acceptors (Lipinski definition) is 3. The second-order valence-electron chi connectivity index (χ2n) is 5.42. The minimum Gasteiger partial charge on any atom is -0.357 e. The fourth-order valence-corrected chi connectivity index (χ4v) is 2.93. The lowest BCUT2D eigenvalue weighted by Crippen LogP contribution is -2.40. The van der Waals surface area contributed by atoms with E-state index in [9.17, 15) is 0 Å². The van der Waals surface area contributed by atoms with E-state index in [-0.39, 0.29) is 0 Å². The van der Waals surface area contributed by atoms with Gasteiger partial charge in [-0.2, -0.15) is 0 Å². The molecule has 0 radical (unpaired) electrons. The zero-order valence-corrected chi connectivity index (χ0v) is 11.7. The minimum atomic E-state index is 0.571. The molecule has 1 aromatic heterocycles. The molecule has 1 aromatic rings. The molecule has 0 bridgehead atoms. The molecule has 0 spiro atoms.